The van der Waals surface area contributed by atoms with Gasteiger partial charge in [-0.1, -0.05) is 0 Å². The lowest BCUT2D eigenvalue weighted by Crippen LogP contribution is -2.28. The molecule has 0 radical (unpaired) electrons. The van der Waals surface area contributed by atoms with Crippen molar-refractivity contribution in [2.75, 3.05) is 14.2 Å². The van der Waals surface area contributed by atoms with Crippen LogP contribution < -0.4 is 4.74 Å². The fourth-order valence-corrected chi connectivity index (χ4v) is 2.80. The Morgan fingerprint density at radius 1 is 1.18 bits per heavy atom. The van der Waals surface area contributed by atoms with E-state index < -0.39 is 0 Å². The third-order valence-electron chi connectivity index (χ3n) is 4.00. The molecule has 1 aliphatic carbocycles. The van der Waals surface area contributed by atoms with Crippen LogP contribution in [0.15, 0.2) is 18.2 Å². The molecule has 1 saturated carbocycles. The average molecular weight is 306 g/mol. The Bertz CT molecular complexity index is 552. The van der Waals surface area contributed by atoms with Crippen LogP contribution in [-0.4, -0.2) is 38.2 Å². The molecule has 0 amide bonds. The summed E-state index contributed by atoms with van der Waals surface area (Å²) in [5.74, 6) is 0.206. The third kappa shape index (κ3) is 3.85. The van der Waals surface area contributed by atoms with Crippen molar-refractivity contribution < 1.29 is 23.8 Å². The van der Waals surface area contributed by atoms with E-state index >= 15 is 0 Å². The normalized spacial score (nSPS) is 20.7. The van der Waals surface area contributed by atoms with E-state index in [9.17, 15) is 9.59 Å². The Labute approximate surface area is 130 Å². The van der Waals surface area contributed by atoms with E-state index in [-0.39, 0.29) is 30.4 Å². The summed E-state index contributed by atoms with van der Waals surface area (Å²) in [6.45, 7) is 1.49. The molecule has 0 bridgehead atoms. The molecule has 0 saturated heterocycles. The standard InChI is InChI=1S/C17H22O5/c1-11(18)12-7-8-14(20-2)13(9-12)10-17(19)22-16-6-4-5-15(16)21-3/h7-9,15-16H,4-6,10H2,1-3H3/t15-,16-/m0/s1. The quantitative estimate of drug-likeness (QED) is 0.597. The molecule has 2 rings (SSSR count). The van der Waals surface area contributed by atoms with Crippen molar-refractivity contribution in [1.29, 1.82) is 0 Å². The van der Waals surface area contributed by atoms with E-state index in [0.717, 1.165) is 19.3 Å². The number of hydrogen-bond acceptors (Lipinski definition) is 5. The van der Waals surface area contributed by atoms with Gasteiger partial charge in [0, 0.05) is 18.2 Å². The van der Waals surface area contributed by atoms with Crippen molar-refractivity contribution in [1.82, 2.24) is 0 Å². The number of hydrogen-bond donors (Lipinski definition) is 0. The lowest BCUT2D eigenvalue weighted by molar-refractivity contribution is -0.153. The zero-order valence-electron chi connectivity index (χ0n) is 13.3. The van der Waals surface area contributed by atoms with Gasteiger partial charge in [0.2, 0.25) is 0 Å². The average Bonchev–Trinajstić information content (AvgIpc) is 2.94. The van der Waals surface area contributed by atoms with Gasteiger partial charge in [-0.2, -0.15) is 0 Å². The first-order valence-corrected chi connectivity index (χ1v) is 7.45. The Morgan fingerprint density at radius 3 is 2.55 bits per heavy atom. The highest BCUT2D eigenvalue weighted by Gasteiger charge is 2.30. The first-order chi connectivity index (χ1) is 10.5. The number of esters is 1. The molecule has 0 N–H and O–H groups in total. The van der Waals surface area contributed by atoms with E-state index in [2.05, 4.69) is 0 Å². The highest BCUT2D eigenvalue weighted by atomic mass is 16.6. The molecule has 5 heteroatoms. The molecule has 1 aliphatic rings. The first-order valence-electron chi connectivity index (χ1n) is 7.45. The Morgan fingerprint density at radius 2 is 1.91 bits per heavy atom. The van der Waals surface area contributed by atoms with Crippen LogP contribution in [0, 0.1) is 0 Å². The monoisotopic (exact) mass is 306 g/mol. The van der Waals surface area contributed by atoms with Gasteiger partial charge in [-0.05, 0) is 44.4 Å². The van der Waals surface area contributed by atoms with Crippen LogP contribution in [0.3, 0.4) is 0 Å². The number of carbonyl (C=O) groups excluding carboxylic acids is 2. The molecule has 0 heterocycles. The highest BCUT2D eigenvalue weighted by molar-refractivity contribution is 5.94. The smallest absolute Gasteiger partial charge is 0.310 e. The molecule has 0 spiro atoms. The lowest BCUT2D eigenvalue weighted by Gasteiger charge is -2.19. The second-order valence-electron chi connectivity index (χ2n) is 5.49. The van der Waals surface area contributed by atoms with Gasteiger partial charge in [0.05, 0.1) is 19.6 Å². The summed E-state index contributed by atoms with van der Waals surface area (Å²) in [6, 6.07) is 5.08. The van der Waals surface area contributed by atoms with Crippen LogP contribution >= 0.6 is 0 Å². The predicted octanol–water partition coefficient (Wildman–Crippen LogP) is 2.55. The van der Waals surface area contributed by atoms with Crippen molar-refractivity contribution in [3.05, 3.63) is 29.3 Å². The summed E-state index contributed by atoms with van der Waals surface area (Å²) >= 11 is 0. The van der Waals surface area contributed by atoms with Gasteiger partial charge in [-0.15, -0.1) is 0 Å². The number of carbonyl (C=O) groups is 2. The summed E-state index contributed by atoms with van der Waals surface area (Å²) in [5.41, 5.74) is 1.21. The molecule has 2 atom stereocenters. The minimum atomic E-state index is -0.326. The van der Waals surface area contributed by atoms with Crippen molar-refractivity contribution in [2.24, 2.45) is 0 Å². The van der Waals surface area contributed by atoms with Crippen LogP contribution in [0.1, 0.15) is 42.1 Å². The fourth-order valence-electron chi connectivity index (χ4n) is 2.80. The number of benzene rings is 1. The fraction of sp³-hybridized carbons (Fsp3) is 0.529. The molecule has 22 heavy (non-hydrogen) atoms. The maximum absolute atomic E-state index is 12.2. The van der Waals surface area contributed by atoms with Crippen LogP contribution in [-0.2, 0) is 20.7 Å². The van der Waals surface area contributed by atoms with E-state index in [4.69, 9.17) is 14.2 Å². The van der Waals surface area contributed by atoms with Crippen LogP contribution in [0.4, 0.5) is 0 Å². The predicted molar refractivity (Wildman–Crippen MR) is 81.2 cm³/mol. The van der Waals surface area contributed by atoms with E-state index in [1.807, 2.05) is 0 Å². The number of methoxy groups -OCH3 is 2. The Balaban J connectivity index is 2.07. The Kier molecular flexibility index (Phi) is 5.55. The number of rotatable bonds is 6. The molecule has 1 aromatic carbocycles. The molecule has 120 valence electrons. The SMILES string of the molecule is COc1ccc(C(C)=O)cc1CC(=O)O[C@H]1CCC[C@@H]1OC. The highest BCUT2D eigenvalue weighted by Crippen LogP contribution is 2.26. The van der Waals surface area contributed by atoms with Gasteiger partial charge in [0.25, 0.3) is 0 Å². The van der Waals surface area contributed by atoms with Gasteiger partial charge >= 0.3 is 5.97 Å². The summed E-state index contributed by atoms with van der Waals surface area (Å²) < 4.78 is 16.1. The second kappa shape index (κ2) is 7.40. The van der Waals surface area contributed by atoms with Crippen molar-refractivity contribution in [2.45, 2.75) is 44.8 Å². The van der Waals surface area contributed by atoms with Crippen molar-refractivity contribution in [3.8, 4) is 5.75 Å². The second-order valence-corrected chi connectivity index (χ2v) is 5.49. The van der Waals surface area contributed by atoms with Crippen molar-refractivity contribution in [3.63, 3.8) is 0 Å². The topological polar surface area (TPSA) is 61.8 Å². The summed E-state index contributed by atoms with van der Waals surface area (Å²) in [5, 5.41) is 0. The van der Waals surface area contributed by atoms with Crippen LogP contribution in [0.25, 0.3) is 0 Å². The third-order valence-corrected chi connectivity index (χ3v) is 4.00. The maximum atomic E-state index is 12.2. The molecule has 0 unspecified atom stereocenters. The number of Topliss-reactive ketones (excluding diaryl/α,β-unsaturated/α-hetero) is 1. The van der Waals surface area contributed by atoms with E-state index in [1.165, 1.54) is 14.0 Å². The van der Waals surface area contributed by atoms with Gasteiger partial charge in [0.15, 0.2) is 5.78 Å². The largest absolute Gasteiger partial charge is 0.496 e. The van der Waals surface area contributed by atoms with Gasteiger partial charge in [-0.3, -0.25) is 9.59 Å². The van der Waals surface area contributed by atoms with E-state index in [0.29, 0.717) is 16.9 Å². The van der Waals surface area contributed by atoms with Crippen LogP contribution in [0.5, 0.6) is 5.75 Å². The van der Waals surface area contributed by atoms with E-state index in [1.54, 1.807) is 25.3 Å². The molecular formula is C17H22O5. The number of ether oxygens (including phenoxy) is 3. The molecular weight excluding hydrogens is 284 g/mol. The molecule has 5 nitrogen and oxygen atoms in total. The van der Waals surface area contributed by atoms with Gasteiger partial charge < -0.3 is 14.2 Å². The van der Waals surface area contributed by atoms with Gasteiger partial charge in [0.1, 0.15) is 11.9 Å². The molecule has 1 aromatic rings. The number of ketones is 1. The van der Waals surface area contributed by atoms with Crippen LogP contribution in [0.2, 0.25) is 0 Å². The summed E-state index contributed by atoms with van der Waals surface area (Å²) in [6.07, 6.45) is 2.62. The summed E-state index contributed by atoms with van der Waals surface area (Å²) in [7, 11) is 3.17. The zero-order valence-corrected chi connectivity index (χ0v) is 13.3. The maximum Gasteiger partial charge on any atom is 0.310 e. The minimum Gasteiger partial charge on any atom is -0.496 e. The lowest BCUT2D eigenvalue weighted by atomic mass is 10.0. The molecule has 0 aromatic heterocycles. The first kappa shape index (κ1) is 16.5. The zero-order chi connectivity index (χ0) is 16.1. The Hall–Kier alpha value is -1.88. The van der Waals surface area contributed by atoms with Crippen molar-refractivity contribution >= 4 is 11.8 Å². The summed E-state index contributed by atoms with van der Waals surface area (Å²) in [4.78, 5) is 23.6. The molecule has 1 fully saturated rings. The van der Waals surface area contributed by atoms with Gasteiger partial charge in [-0.25, -0.2) is 0 Å². The molecule has 0 aliphatic heterocycles. The minimum absolute atomic E-state index is 0.0191.